The van der Waals surface area contributed by atoms with Crippen LogP contribution in [-0.2, 0) is 17.8 Å². The fourth-order valence-corrected chi connectivity index (χ4v) is 3.48. The number of nitrogens with one attached hydrogen (secondary N) is 1. The van der Waals surface area contributed by atoms with Gasteiger partial charge in [0.05, 0.1) is 27.8 Å². The molecule has 1 N–H and O–H groups in total. The highest BCUT2D eigenvalue weighted by Crippen LogP contribution is 2.38. The highest BCUT2D eigenvalue weighted by atomic mass is 32.2. The first-order valence-electron chi connectivity index (χ1n) is 8.78. The van der Waals surface area contributed by atoms with Crippen molar-refractivity contribution in [2.75, 3.05) is 21.3 Å². The topological polar surface area (TPSA) is 56.8 Å². The van der Waals surface area contributed by atoms with Gasteiger partial charge in [-0.1, -0.05) is 26.0 Å². The molecule has 0 unspecified atom stereocenters. The van der Waals surface area contributed by atoms with Crippen molar-refractivity contribution in [2.45, 2.75) is 37.0 Å². The molecule has 2 aromatic rings. The molecule has 0 aliphatic carbocycles. The lowest BCUT2D eigenvalue weighted by Gasteiger charge is -2.14. The summed E-state index contributed by atoms with van der Waals surface area (Å²) in [5, 5.41) is 3.48. The van der Waals surface area contributed by atoms with Gasteiger partial charge >= 0.3 is 0 Å². The first kappa shape index (κ1) is 21.0. The van der Waals surface area contributed by atoms with E-state index in [-0.39, 0.29) is 5.91 Å². The van der Waals surface area contributed by atoms with E-state index in [4.69, 9.17) is 14.2 Å². The number of hydrogen-bond donors (Lipinski definition) is 1. The number of rotatable bonds is 9. The zero-order chi connectivity index (χ0) is 19.8. The lowest BCUT2D eigenvalue weighted by Crippen LogP contribution is -2.24. The molecule has 0 aliphatic rings. The smallest absolute Gasteiger partial charge is 0.224 e. The summed E-state index contributed by atoms with van der Waals surface area (Å²) in [6.07, 6.45) is 0.344. The highest BCUT2D eigenvalue weighted by Gasteiger charge is 2.13. The van der Waals surface area contributed by atoms with Crippen molar-refractivity contribution in [3.63, 3.8) is 0 Å². The molecule has 1 amide bonds. The second-order valence-electron chi connectivity index (χ2n) is 6.30. The molecular formula is C21H27NO4S. The third-order valence-electron chi connectivity index (χ3n) is 3.87. The van der Waals surface area contributed by atoms with Crippen LogP contribution < -0.4 is 19.5 Å². The third-order valence-corrected chi connectivity index (χ3v) is 4.89. The van der Waals surface area contributed by atoms with E-state index >= 15 is 0 Å². The Morgan fingerprint density at radius 2 is 1.56 bits per heavy atom. The first-order chi connectivity index (χ1) is 13.0. The van der Waals surface area contributed by atoms with E-state index < -0.39 is 0 Å². The van der Waals surface area contributed by atoms with E-state index in [1.54, 1.807) is 21.3 Å². The molecule has 0 bridgehead atoms. The van der Waals surface area contributed by atoms with E-state index in [0.717, 1.165) is 11.1 Å². The minimum Gasteiger partial charge on any atom is -0.493 e. The maximum absolute atomic E-state index is 12.3. The quantitative estimate of drug-likeness (QED) is 0.655. The SMILES string of the molecule is COc1cc(CNC(=O)Cc2ccc(SC(C)C)cc2)cc(OC)c1OC. The summed E-state index contributed by atoms with van der Waals surface area (Å²) >= 11 is 1.81. The van der Waals surface area contributed by atoms with Gasteiger partial charge < -0.3 is 19.5 Å². The average Bonchev–Trinajstić information content (AvgIpc) is 2.66. The number of carbonyl (C=O) groups excluding carboxylic acids is 1. The van der Waals surface area contributed by atoms with Gasteiger partial charge in [0.25, 0.3) is 0 Å². The lowest BCUT2D eigenvalue weighted by molar-refractivity contribution is -0.120. The van der Waals surface area contributed by atoms with Crippen molar-refractivity contribution in [2.24, 2.45) is 0 Å². The van der Waals surface area contributed by atoms with E-state index in [2.05, 4.69) is 31.3 Å². The molecule has 0 heterocycles. The molecule has 2 rings (SSSR count). The van der Waals surface area contributed by atoms with Crippen molar-refractivity contribution in [3.05, 3.63) is 47.5 Å². The largest absolute Gasteiger partial charge is 0.493 e. The maximum atomic E-state index is 12.3. The Bertz CT molecular complexity index is 734. The highest BCUT2D eigenvalue weighted by molar-refractivity contribution is 7.99. The Hall–Kier alpha value is -2.34. The van der Waals surface area contributed by atoms with Gasteiger partial charge in [0.1, 0.15) is 0 Å². The minimum atomic E-state index is -0.0342. The van der Waals surface area contributed by atoms with Crippen LogP contribution in [0.1, 0.15) is 25.0 Å². The van der Waals surface area contributed by atoms with Crippen molar-refractivity contribution >= 4 is 17.7 Å². The second kappa shape index (κ2) is 10.1. The molecule has 0 saturated carbocycles. The van der Waals surface area contributed by atoms with Gasteiger partial charge in [0.2, 0.25) is 11.7 Å². The van der Waals surface area contributed by atoms with Crippen LogP contribution in [0.25, 0.3) is 0 Å². The van der Waals surface area contributed by atoms with Crippen LogP contribution in [-0.4, -0.2) is 32.5 Å². The van der Waals surface area contributed by atoms with Crippen LogP contribution in [0.5, 0.6) is 17.2 Å². The zero-order valence-electron chi connectivity index (χ0n) is 16.5. The molecule has 2 aromatic carbocycles. The molecule has 0 fully saturated rings. The van der Waals surface area contributed by atoms with Crippen LogP contribution >= 0.6 is 11.8 Å². The normalized spacial score (nSPS) is 10.6. The Kier molecular flexibility index (Phi) is 7.85. The first-order valence-corrected chi connectivity index (χ1v) is 9.66. The number of methoxy groups -OCH3 is 3. The summed E-state index contributed by atoms with van der Waals surface area (Å²) in [4.78, 5) is 13.5. The molecule has 0 radical (unpaired) electrons. The van der Waals surface area contributed by atoms with Gasteiger partial charge in [0, 0.05) is 16.7 Å². The Morgan fingerprint density at radius 3 is 2.04 bits per heavy atom. The average molecular weight is 390 g/mol. The van der Waals surface area contributed by atoms with Crippen molar-refractivity contribution in [3.8, 4) is 17.2 Å². The zero-order valence-corrected chi connectivity index (χ0v) is 17.3. The van der Waals surface area contributed by atoms with Gasteiger partial charge in [-0.2, -0.15) is 0 Å². The molecule has 146 valence electrons. The van der Waals surface area contributed by atoms with Gasteiger partial charge in [0.15, 0.2) is 11.5 Å². The van der Waals surface area contributed by atoms with E-state index in [0.29, 0.717) is 35.5 Å². The summed E-state index contributed by atoms with van der Waals surface area (Å²) in [6.45, 7) is 4.71. The number of amides is 1. The monoisotopic (exact) mass is 389 g/mol. The Morgan fingerprint density at radius 1 is 0.963 bits per heavy atom. The molecule has 6 heteroatoms. The van der Waals surface area contributed by atoms with Gasteiger partial charge in [-0.15, -0.1) is 11.8 Å². The van der Waals surface area contributed by atoms with Crippen molar-refractivity contribution in [1.82, 2.24) is 5.32 Å². The van der Waals surface area contributed by atoms with Crippen LogP contribution in [0.3, 0.4) is 0 Å². The maximum Gasteiger partial charge on any atom is 0.224 e. The van der Waals surface area contributed by atoms with Crippen LogP contribution in [0.15, 0.2) is 41.3 Å². The minimum absolute atomic E-state index is 0.0342. The molecule has 5 nitrogen and oxygen atoms in total. The fraction of sp³-hybridized carbons (Fsp3) is 0.381. The molecule has 0 aliphatic heterocycles. The van der Waals surface area contributed by atoms with Crippen LogP contribution in [0.4, 0.5) is 0 Å². The van der Waals surface area contributed by atoms with Crippen molar-refractivity contribution in [1.29, 1.82) is 0 Å². The summed E-state index contributed by atoms with van der Waals surface area (Å²) in [5.74, 6) is 1.64. The Balaban J connectivity index is 1.97. The van der Waals surface area contributed by atoms with Crippen LogP contribution in [0, 0.1) is 0 Å². The predicted molar refractivity (Wildman–Crippen MR) is 109 cm³/mol. The molecule has 0 saturated heterocycles. The molecule has 0 aromatic heterocycles. The summed E-state index contributed by atoms with van der Waals surface area (Å²) in [6, 6.07) is 11.8. The lowest BCUT2D eigenvalue weighted by atomic mass is 10.1. The standard InChI is InChI=1S/C21H27NO4S/c1-14(2)27-17-8-6-15(7-9-17)12-20(23)22-13-16-10-18(24-3)21(26-5)19(11-16)25-4/h6-11,14H,12-13H2,1-5H3,(H,22,23). The van der Waals surface area contributed by atoms with Crippen molar-refractivity contribution < 1.29 is 19.0 Å². The summed E-state index contributed by atoms with van der Waals surface area (Å²) < 4.78 is 16.0. The molecule has 0 spiro atoms. The number of hydrogen-bond acceptors (Lipinski definition) is 5. The molecule has 27 heavy (non-hydrogen) atoms. The van der Waals surface area contributed by atoms with E-state index in [9.17, 15) is 4.79 Å². The number of carbonyl (C=O) groups is 1. The van der Waals surface area contributed by atoms with E-state index in [1.807, 2.05) is 36.0 Å². The van der Waals surface area contributed by atoms with Gasteiger partial charge in [-0.05, 0) is 35.4 Å². The fourth-order valence-electron chi connectivity index (χ4n) is 2.64. The summed E-state index contributed by atoms with van der Waals surface area (Å²) in [5.41, 5.74) is 1.87. The number of ether oxygens (including phenoxy) is 3. The van der Waals surface area contributed by atoms with E-state index in [1.165, 1.54) is 4.90 Å². The summed E-state index contributed by atoms with van der Waals surface area (Å²) in [7, 11) is 4.70. The number of thioether (sulfide) groups is 1. The van der Waals surface area contributed by atoms with Gasteiger partial charge in [-0.25, -0.2) is 0 Å². The molecular weight excluding hydrogens is 362 g/mol. The molecule has 0 atom stereocenters. The Labute approximate surface area is 165 Å². The third kappa shape index (κ3) is 6.10. The van der Waals surface area contributed by atoms with Crippen LogP contribution in [0.2, 0.25) is 0 Å². The second-order valence-corrected chi connectivity index (χ2v) is 7.95. The predicted octanol–water partition coefficient (Wildman–Crippen LogP) is 4.07. The number of benzene rings is 2. The van der Waals surface area contributed by atoms with Gasteiger partial charge in [-0.3, -0.25) is 4.79 Å².